The molecule has 34 heavy (non-hydrogen) atoms. The van der Waals surface area contributed by atoms with Crippen molar-refractivity contribution in [1.82, 2.24) is 4.98 Å². The number of amides is 1. The Morgan fingerprint density at radius 1 is 1.12 bits per heavy atom. The zero-order valence-corrected chi connectivity index (χ0v) is 20.0. The highest BCUT2D eigenvalue weighted by Crippen LogP contribution is 2.38. The number of carbonyl (C=O) groups excluding carboxylic acids is 1. The molecule has 0 fully saturated rings. The Morgan fingerprint density at radius 2 is 1.88 bits per heavy atom. The largest absolute Gasteiger partial charge is 0.494 e. The van der Waals surface area contributed by atoms with E-state index in [0.29, 0.717) is 30.2 Å². The lowest BCUT2D eigenvalue weighted by Crippen LogP contribution is -2.09. The molecule has 0 radical (unpaired) electrons. The summed E-state index contributed by atoms with van der Waals surface area (Å²) in [5, 5.41) is 3.92. The van der Waals surface area contributed by atoms with E-state index in [1.54, 1.807) is 24.6 Å². The fourth-order valence-corrected chi connectivity index (χ4v) is 3.85. The Kier molecular flexibility index (Phi) is 7.18. The second-order valence-corrected chi connectivity index (χ2v) is 7.90. The Balaban J connectivity index is 1.71. The van der Waals surface area contributed by atoms with E-state index < -0.39 is 0 Å². The first-order chi connectivity index (χ1) is 16.5. The van der Waals surface area contributed by atoms with Crippen LogP contribution in [0.15, 0.2) is 71.5 Å². The summed E-state index contributed by atoms with van der Waals surface area (Å²) in [5.41, 5.74) is 4.64. The van der Waals surface area contributed by atoms with E-state index in [0.717, 1.165) is 33.4 Å². The minimum atomic E-state index is -0.311. The van der Waals surface area contributed by atoms with Gasteiger partial charge in [-0.2, -0.15) is 0 Å². The van der Waals surface area contributed by atoms with E-state index >= 15 is 0 Å². The molecule has 2 aromatic heterocycles. The van der Waals surface area contributed by atoms with Crippen molar-refractivity contribution in [3.05, 3.63) is 77.8 Å². The van der Waals surface area contributed by atoms with E-state index in [2.05, 4.69) is 10.3 Å². The maximum Gasteiger partial charge on any atom is 0.248 e. The molecule has 0 spiro atoms. The zero-order chi connectivity index (χ0) is 24.1. The van der Waals surface area contributed by atoms with Crippen LogP contribution in [0.4, 0.5) is 5.69 Å². The van der Waals surface area contributed by atoms with Crippen molar-refractivity contribution in [3.8, 4) is 22.6 Å². The Bertz CT molecular complexity index is 1340. The lowest BCUT2D eigenvalue weighted by atomic mass is 9.99. The number of hydrogen-bond donors (Lipinski definition) is 1. The van der Waals surface area contributed by atoms with Gasteiger partial charge in [-0.25, -0.2) is 4.98 Å². The van der Waals surface area contributed by atoms with Gasteiger partial charge in [-0.3, -0.25) is 4.79 Å². The molecule has 4 aromatic rings. The summed E-state index contributed by atoms with van der Waals surface area (Å²) < 4.78 is 17.3. The Labute approximate surface area is 203 Å². The summed E-state index contributed by atoms with van der Waals surface area (Å²) >= 11 is 6.06. The lowest BCUT2D eigenvalue weighted by molar-refractivity contribution is -0.111. The summed E-state index contributed by atoms with van der Waals surface area (Å²) in [6, 6.07) is 15.1. The third kappa shape index (κ3) is 5.07. The van der Waals surface area contributed by atoms with Crippen LogP contribution >= 0.6 is 11.6 Å². The Morgan fingerprint density at radius 3 is 2.59 bits per heavy atom. The number of pyridine rings is 1. The molecule has 4 rings (SSSR count). The molecule has 0 unspecified atom stereocenters. The van der Waals surface area contributed by atoms with Crippen molar-refractivity contribution in [2.24, 2.45) is 0 Å². The van der Waals surface area contributed by atoms with Crippen LogP contribution in [-0.2, 0) is 4.79 Å². The Hall–Kier alpha value is -3.77. The number of fused-ring (bicyclic) bond motifs is 1. The van der Waals surface area contributed by atoms with Gasteiger partial charge in [0.2, 0.25) is 5.91 Å². The first-order valence-corrected chi connectivity index (χ1v) is 11.4. The molecule has 6 nitrogen and oxygen atoms in total. The van der Waals surface area contributed by atoms with Crippen molar-refractivity contribution in [1.29, 1.82) is 0 Å². The van der Waals surface area contributed by atoms with Crippen LogP contribution in [-0.4, -0.2) is 24.1 Å². The number of rotatable bonds is 8. The van der Waals surface area contributed by atoms with Crippen LogP contribution < -0.4 is 14.8 Å². The summed E-state index contributed by atoms with van der Waals surface area (Å²) in [6.07, 6.45) is 4.81. The number of nitrogens with zero attached hydrogens (tertiary/aromatic N) is 1. The topological polar surface area (TPSA) is 73.6 Å². The van der Waals surface area contributed by atoms with E-state index in [1.165, 1.54) is 6.08 Å². The molecule has 1 amide bonds. The molecular weight excluding hydrogens is 452 g/mol. The monoisotopic (exact) mass is 476 g/mol. The maximum absolute atomic E-state index is 12.7. The molecule has 0 saturated carbocycles. The summed E-state index contributed by atoms with van der Waals surface area (Å²) in [7, 11) is 0. The van der Waals surface area contributed by atoms with Crippen LogP contribution in [0.2, 0.25) is 5.15 Å². The fraction of sp³-hybridized carbons (Fsp3) is 0.185. The number of benzene rings is 2. The molecule has 0 bridgehead atoms. The number of anilines is 1. The molecule has 2 heterocycles. The third-order valence-electron chi connectivity index (χ3n) is 5.24. The summed E-state index contributed by atoms with van der Waals surface area (Å²) in [4.78, 5) is 16.6. The lowest BCUT2D eigenvalue weighted by Gasteiger charge is -2.12. The summed E-state index contributed by atoms with van der Waals surface area (Å²) in [6.45, 7) is 6.83. The number of carbonyl (C=O) groups is 1. The molecule has 0 aliphatic carbocycles. The van der Waals surface area contributed by atoms with Gasteiger partial charge in [0.1, 0.15) is 17.1 Å². The van der Waals surface area contributed by atoms with Crippen molar-refractivity contribution >= 4 is 39.7 Å². The molecule has 0 aliphatic heterocycles. The standard InChI is InChI=1S/C27H25ClN2O4/c1-4-32-19-10-8-18(9-11-19)22-16-34-25-15-24(33-5-2)20(14-21(22)25)17(3)13-26(31)30-23-7-6-12-29-27(23)28/h6-16H,4-5H2,1-3H3,(H,30,31)/b17-13+. The highest BCUT2D eigenvalue weighted by molar-refractivity contribution is 6.32. The van der Waals surface area contributed by atoms with Gasteiger partial charge in [-0.05, 0) is 62.2 Å². The van der Waals surface area contributed by atoms with Gasteiger partial charge in [-0.15, -0.1) is 0 Å². The predicted octanol–water partition coefficient (Wildman–Crippen LogP) is 6.99. The van der Waals surface area contributed by atoms with Gasteiger partial charge < -0.3 is 19.2 Å². The average Bonchev–Trinajstić information content (AvgIpc) is 3.24. The van der Waals surface area contributed by atoms with Gasteiger partial charge in [0.05, 0.1) is 25.2 Å². The van der Waals surface area contributed by atoms with Crippen LogP contribution in [0.5, 0.6) is 11.5 Å². The number of furan rings is 1. The molecule has 7 heteroatoms. The molecule has 0 atom stereocenters. The highest BCUT2D eigenvalue weighted by atomic mass is 35.5. The number of halogens is 1. The van der Waals surface area contributed by atoms with E-state index in [1.807, 2.05) is 57.2 Å². The van der Waals surface area contributed by atoms with Gasteiger partial charge in [0.25, 0.3) is 0 Å². The SMILES string of the molecule is CCOc1ccc(-c2coc3cc(OCC)c(/C(C)=C/C(=O)Nc4cccnc4Cl)cc23)cc1. The van der Waals surface area contributed by atoms with Crippen LogP contribution in [0.3, 0.4) is 0 Å². The fourth-order valence-electron chi connectivity index (χ4n) is 3.68. The van der Waals surface area contributed by atoms with Crippen LogP contribution in [0.1, 0.15) is 26.3 Å². The van der Waals surface area contributed by atoms with Crippen LogP contribution in [0, 0.1) is 0 Å². The van der Waals surface area contributed by atoms with Gasteiger partial charge in [0, 0.05) is 34.9 Å². The first-order valence-electron chi connectivity index (χ1n) is 11.0. The molecule has 0 saturated heterocycles. The quantitative estimate of drug-likeness (QED) is 0.219. The highest BCUT2D eigenvalue weighted by Gasteiger charge is 2.16. The number of allylic oxidation sites excluding steroid dienone is 1. The van der Waals surface area contributed by atoms with Crippen molar-refractivity contribution < 1.29 is 18.7 Å². The van der Waals surface area contributed by atoms with E-state index in [-0.39, 0.29) is 11.1 Å². The van der Waals surface area contributed by atoms with E-state index in [4.69, 9.17) is 25.5 Å². The number of ether oxygens (including phenoxy) is 2. The molecule has 2 aromatic carbocycles. The normalized spacial score (nSPS) is 11.5. The van der Waals surface area contributed by atoms with Crippen molar-refractivity contribution in [3.63, 3.8) is 0 Å². The smallest absolute Gasteiger partial charge is 0.248 e. The van der Waals surface area contributed by atoms with Gasteiger partial charge in [0.15, 0.2) is 5.15 Å². The van der Waals surface area contributed by atoms with Crippen LogP contribution in [0.25, 0.3) is 27.7 Å². The van der Waals surface area contributed by atoms with Gasteiger partial charge in [-0.1, -0.05) is 23.7 Å². The molecular formula is C27H25ClN2O4. The number of aromatic nitrogens is 1. The first kappa shape index (κ1) is 23.4. The molecule has 0 aliphatic rings. The predicted molar refractivity (Wildman–Crippen MR) is 136 cm³/mol. The van der Waals surface area contributed by atoms with Crippen molar-refractivity contribution in [2.45, 2.75) is 20.8 Å². The average molecular weight is 477 g/mol. The van der Waals surface area contributed by atoms with Gasteiger partial charge >= 0.3 is 0 Å². The minimum Gasteiger partial charge on any atom is -0.494 e. The second-order valence-electron chi connectivity index (χ2n) is 7.54. The minimum absolute atomic E-state index is 0.233. The molecule has 1 N–H and O–H groups in total. The second kappa shape index (κ2) is 10.4. The molecule has 174 valence electrons. The number of hydrogen-bond acceptors (Lipinski definition) is 5. The zero-order valence-electron chi connectivity index (χ0n) is 19.2. The number of nitrogens with one attached hydrogen (secondary N) is 1. The third-order valence-corrected chi connectivity index (χ3v) is 5.54. The maximum atomic E-state index is 12.7. The van der Waals surface area contributed by atoms with E-state index in [9.17, 15) is 4.79 Å². The summed E-state index contributed by atoms with van der Waals surface area (Å²) in [5.74, 6) is 1.15. The van der Waals surface area contributed by atoms with Crippen molar-refractivity contribution in [2.75, 3.05) is 18.5 Å².